The van der Waals surface area contributed by atoms with Gasteiger partial charge in [-0.05, 0) is 62.8 Å². The van der Waals surface area contributed by atoms with E-state index >= 15 is 0 Å². The minimum Gasteiger partial charge on any atom is -0.380 e. The summed E-state index contributed by atoms with van der Waals surface area (Å²) < 4.78 is 67.7. The number of carbonyl (C=O) groups is 1. The normalized spacial score (nSPS) is 37.0. The van der Waals surface area contributed by atoms with E-state index in [2.05, 4.69) is 15.8 Å². The van der Waals surface area contributed by atoms with Gasteiger partial charge in [0.2, 0.25) is 5.92 Å². The summed E-state index contributed by atoms with van der Waals surface area (Å²) in [5, 5.41) is 10.5. The van der Waals surface area contributed by atoms with Gasteiger partial charge in [-0.2, -0.15) is 17.0 Å². The molecule has 5 heterocycles. The Morgan fingerprint density at radius 2 is 1.72 bits per heavy atom. The molecule has 39 heavy (non-hydrogen) atoms. The van der Waals surface area contributed by atoms with Crippen LogP contribution in [-0.4, -0.2) is 91.0 Å². The number of hydrogen-bond acceptors (Lipinski definition) is 7. The molecule has 0 spiro atoms. The molecular formula is C26H37F2N5O5S. The molecule has 216 valence electrons. The largest absolute Gasteiger partial charge is 0.380 e. The molecule has 2 N–H and O–H groups in total. The summed E-state index contributed by atoms with van der Waals surface area (Å²) in [4.78, 5) is 12.8. The van der Waals surface area contributed by atoms with Gasteiger partial charge < -0.3 is 19.9 Å². The molecule has 1 amide bonds. The van der Waals surface area contributed by atoms with Crippen molar-refractivity contribution in [1.82, 2.24) is 24.4 Å². The number of halogens is 2. The van der Waals surface area contributed by atoms with E-state index in [9.17, 15) is 22.0 Å². The second kappa shape index (κ2) is 9.71. The predicted molar refractivity (Wildman–Crippen MR) is 135 cm³/mol. The average molecular weight is 570 g/mol. The number of fused-ring (bicyclic) bond motifs is 3. The zero-order valence-electron chi connectivity index (χ0n) is 21.9. The first-order valence-corrected chi connectivity index (χ1v) is 15.8. The van der Waals surface area contributed by atoms with Gasteiger partial charge in [0.05, 0.1) is 19.1 Å². The summed E-state index contributed by atoms with van der Waals surface area (Å²) in [6, 6.07) is 1.63. The first-order chi connectivity index (χ1) is 18.6. The molecule has 4 aliphatic heterocycles. The molecular weight excluding hydrogens is 532 g/mol. The molecule has 2 bridgehead atoms. The lowest BCUT2D eigenvalue weighted by molar-refractivity contribution is -0.109. The topological polar surface area (TPSA) is 117 Å². The molecule has 13 heteroatoms. The fraction of sp³-hybridized carbons (Fsp3) is 0.846. The Labute approximate surface area is 227 Å². The Kier molecular flexibility index (Phi) is 6.54. The summed E-state index contributed by atoms with van der Waals surface area (Å²) in [5.74, 6) is -1.28. The summed E-state index contributed by atoms with van der Waals surface area (Å²) in [7, 11) is -3.59. The number of alkyl halides is 2. The zero-order valence-corrected chi connectivity index (χ0v) is 22.8. The highest BCUT2D eigenvalue weighted by Crippen LogP contribution is 2.45. The lowest BCUT2D eigenvalue weighted by Crippen LogP contribution is -2.55. The van der Waals surface area contributed by atoms with Crippen LogP contribution in [0.2, 0.25) is 0 Å². The molecule has 6 fully saturated rings. The first kappa shape index (κ1) is 26.2. The highest BCUT2D eigenvalue weighted by Gasteiger charge is 2.53. The smallest absolute Gasteiger partial charge is 0.282 e. The van der Waals surface area contributed by atoms with Crippen LogP contribution < -0.4 is 10.6 Å². The van der Waals surface area contributed by atoms with E-state index in [1.807, 2.05) is 0 Å². The van der Waals surface area contributed by atoms with Crippen molar-refractivity contribution in [3.8, 4) is 0 Å². The number of rotatable bonds is 8. The Balaban J connectivity index is 0.914. The van der Waals surface area contributed by atoms with Gasteiger partial charge >= 0.3 is 0 Å². The minimum absolute atomic E-state index is 0.0221. The van der Waals surface area contributed by atoms with Crippen molar-refractivity contribution >= 4 is 16.1 Å². The van der Waals surface area contributed by atoms with Gasteiger partial charge in [-0.1, -0.05) is 5.16 Å². The van der Waals surface area contributed by atoms with Crippen molar-refractivity contribution in [2.75, 3.05) is 32.8 Å². The van der Waals surface area contributed by atoms with Crippen LogP contribution >= 0.6 is 0 Å². The predicted octanol–water partition coefficient (Wildman–Crippen LogP) is 2.10. The van der Waals surface area contributed by atoms with E-state index < -0.39 is 16.1 Å². The zero-order chi connectivity index (χ0) is 26.9. The van der Waals surface area contributed by atoms with Crippen LogP contribution in [-0.2, 0) is 14.9 Å². The monoisotopic (exact) mass is 569 g/mol. The van der Waals surface area contributed by atoms with E-state index in [0.717, 1.165) is 25.7 Å². The molecule has 6 atom stereocenters. The van der Waals surface area contributed by atoms with Crippen LogP contribution in [0.5, 0.6) is 0 Å². The third kappa shape index (κ3) is 4.92. The Morgan fingerprint density at radius 1 is 1.05 bits per heavy atom. The van der Waals surface area contributed by atoms with Crippen LogP contribution in [0.15, 0.2) is 10.6 Å². The number of ether oxygens (including phenoxy) is 1. The van der Waals surface area contributed by atoms with Gasteiger partial charge in [-0.3, -0.25) is 4.79 Å². The Hall–Kier alpha value is -1.67. The van der Waals surface area contributed by atoms with E-state index in [4.69, 9.17) is 9.26 Å². The highest BCUT2D eigenvalue weighted by molar-refractivity contribution is 7.86. The standard InChI is InChI=1S/C26H37F2N5O5S/c27-26(28)8-15(9-26)10-29-19-3-16-11-32(12-17(16)4-19)39(35,36)33-21-1-2-22(33)6-20(5-21)30-25(34)23-7-24(38-31-23)18-13-37-14-18/h7,15-22,29H,1-6,8-14H2,(H,30,34)/t16-,17+,19?,20?,21-,22+. The van der Waals surface area contributed by atoms with Gasteiger partial charge in [-0.15, -0.1) is 0 Å². The first-order valence-electron chi connectivity index (χ1n) is 14.4. The fourth-order valence-electron chi connectivity index (χ4n) is 7.88. The van der Waals surface area contributed by atoms with Crippen molar-refractivity contribution in [3.05, 3.63) is 17.5 Å². The molecule has 2 saturated carbocycles. The van der Waals surface area contributed by atoms with Gasteiger partial charge in [-0.25, -0.2) is 8.78 Å². The van der Waals surface area contributed by atoms with Crippen molar-refractivity contribution < 1.29 is 31.3 Å². The third-order valence-electron chi connectivity index (χ3n) is 9.98. The maximum Gasteiger partial charge on any atom is 0.282 e. The van der Waals surface area contributed by atoms with Gasteiger partial charge in [0.25, 0.3) is 16.1 Å². The summed E-state index contributed by atoms with van der Waals surface area (Å²) >= 11 is 0. The maximum atomic E-state index is 13.8. The Morgan fingerprint density at radius 3 is 2.31 bits per heavy atom. The molecule has 4 saturated heterocycles. The highest BCUT2D eigenvalue weighted by atomic mass is 32.2. The van der Waals surface area contributed by atoms with Crippen molar-refractivity contribution in [1.29, 1.82) is 0 Å². The summed E-state index contributed by atoms with van der Waals surface area (Å²) in [6.07, 6.45) is 4.55. The number of nitrogens with one attached hydrogen (secondary N) is 2. The fourth-order valence-corrected chi connectivity index (χ4v) is 10.0. The molecule has 6 aliphatic rings. The number of aromatic nitrogens is 1. The number of nitrogens with zero attached hydrogens (tertiary/aromatic N) is 3. The maximum absolute atomic E-state index is 13.8. The Bertz CT molecular complexity index is 1170. The van der Waals surface area contributed by atoms with E-state index in [-0.39, 0.29) is 60.4 Å². The average Bonchev–Trinajstić information content (AvgIpc) is 3.58. The SMILES string of the molecule is O=C(NC1C[C@H]2CC[C@@H](C1)N2S(=O)(=O)N1C[C@H]2CC(NCC3CC(F)(F)C3)C[C@H]2C1)c1cc(C2COC2)on1. The van der Waals surface area contributed by atoms with Gasteiger partial charge in [0, 0.05) is 56.2 Å². The van der Waals surface area contributed by atoms with Gasteiger partial charge in [0.15, 0.2) is 5.69 Å². The molecule has 2 unspecified atom stereocenters. The molecule has 7 rings (SSSR count). The number of piperidine rings is 1. The third-order valence-corrected chi connectivity index (χ3v) is 12.1. The van der Waals surface area contributed by atoms with E-state index in [0.29, 0.717) is 63.3 Å². The molecule has 10 nitrogen and oxygen atoms in total. The number of amides is 1. The number of hydrogen-bond donors (Lipinski definition) is 2. The molecule has 0 aromatic carbocycles. The van der Waals surface area contributed by atoms with E-state index in [1.54, 1.807) is 14.7 Å². The van der Waals surface area contributed by atoms with Crippen molar-refractivity contribution in [2.45, 2.75) is 87.4 Å². The molecule has 2 aliphatic carbocycles. The minimum atomic E-state index is -3.59. The lowest BCUT2D eigenvalue weighted by atomic mass is 9.81. The second-order valence-electron chi connectivity index (χ2n) is 12.8. The van der Waals surface area contributed by atoms with Crippen LogP contribution in [0.1, 0.15) is 73.5 Å². The van der Waals surface area contributed by atoms with Crippen LogP contribution in [0.25, 0.3) is 0 Å². The molecule has 0 radical (unpaired) electrons. The second-order valence-corrected chi connectivity index (χ2v) is 14.6. The van der Waals surface area contributed by atoms with Crippen LogP contribution in [0.3, 0.4) is 0 Å². The van der Waals surface area contributed by atoms with Crippen molar-refractivity contribution in [3.63, 3.8) is 0 Å². The quantitative estimate of drug-likeness (QED) is 0.493. The van der Waals surface area contributed by atoms with Crippen molar-refractivity contribution in [2.24, 2.45) is 17.8 Å². The van der Waals surface area contributed by atoms with Crippen LogP contribution in [0.4, 0.5) is 8.78 Å². The lowest BCUT2D eigenvalue weighted by Gasteiger charge is -2.40. The summed E-state index contributed by atoms with van der Waals surface area (Å²) in [5.41, 5.74) is 0.251. The van der Waals surface area contributed by atoms with Crippen LogP contribution in [0, 0.1) is 17.8 Å². The number of carbonyl (C=O) groups excluding carboxylic acids is 1. The summed E-state index contributed by atoms with van der Waals surface area (Å²) in [6.45, 7) is 2.84. The molecule has 1 aromatic heterocycles. The van der Waals surface area contributed by atoms with Gasteiger partial charge in [0.1, 0.15) is 5.76 Å². The molecule has 1 aromatic rings. The van der Waals surface area contributed by atoms with E-state index in [1.165, 1.54) is 0 Å².